The van der Waals surface area contributed by atoms with Crippen molar-refractivity contribution in [1.29, 1.82) is 0 Å². The number of anilines is 1. The van der Waals surface area contributed by atoms with Crippen LogP contribution in [0.1, 0.15) is 37.9 Å². The van der Waals surface area contributed by atoms with Gasteiger partial charge in [-0.2, -0.15) is 0 Å². The van der Waals surface area contributed by atoms with Crippen molar-refractivity contribution in [1.82, 2.24) is 10.2 Å². The van der Waals surface area contributed by atoms with E-state index in [-0.39, 0.29) is 11.9 Å². The van der Waals surface area contributed by atoms with Gasteiger partial charge in [0.1, 0.15) is 0 Å². The van der Waals surface area contributed by atoms with Gasteiger partial charge in [-0.1, -0.05) is 42.5 Å². The normalized spacial score (nSPS) is 16.0. The van der Waals surface area contributed by atoms with E-state index < -0.39 is 6.04 Å². The van der Waals surface area contributed by atoms with Crippen LogP contribution in [-0.2, 0) is 20.7 Å². The average Bonchev–Trinajstić information content (AvgIpc) is 2.75. The highest BCUT2D eigenvalue weighted by Crippen LogP contribution is 2.32. The number of hydrogen-bond donors (Lipinski definition) is 2. The van der Waals surface area contributed by atoms with Gasteiger partial charge in [-0.15, -0.1) is 0 Å². The predicted molar refractivity (Wildman–Crippen MR) is 125 cm³/mol. The summed E-state index contributed by atoms with van der Waals surface area (Å²) in [6.45, 7) is 6.60. The Labute approximate surface area is 188 Å². The monoisotopic (exact) mass is 437 g/mol. The summed E-state index contributed by atoms with van der Waals surface area (Å²) >= 11 is 5.50. The van der Waals surface area contributed by atoms with E-state index in [9.17, 15) is 9.59 Å². The predicted octanol–water partition coefficient (Wildman–Crippen LogP) is 3.96. The highest BCUT2D eigenvalue weighted by molar-refractivity contribution is 7.80. The molecule has 0 aliphatic carbocycles. The molecule has 31 heavy (non-hydrogen) atoms. The van der Waals surface area contributed by atoms with Crippen LogP contribution in [0.4, 0.5) is 5.69 Å². The van der Waals surface area contributed by atoms with Gasteiger partial charge in [-0.25, -0.2) is 4.79 Å². The Morgan fingerprint density at radius 1 is 1.10 bits per heavy atom. The van der Waals surface area contributed by atoms with Gasteiger partial charge in [0, 0.05) is 17.9 Å². The number of ether oxygens (including phenoxy) is 1. The molecule has 0 saturated heterocycles. The topological polar surface area (TPSA) is 70.7 Å². The lowest BCUT2D eigenvalue weighted by Gasteiger charge is -2.37. The Hall–Kier alpha value is -3.19. The molecule has 2 N–H and O–H groups in total. The summed E-state index contributed by atoms with van der Waals surface area (Å²) in [6.07, 6.45) is 0.308. The molecule has 0 spiro atoms. The Bertz CT molecular complexity index is 987. The Balaban J connectivity index is 1.79. The highest BCUT2D eigenvalue weighted by Gasteiger charge is 2.34. The molecule has 0 radical (unpaired) electrons. The first-order valence-corrected chi connectivity index (χ1v) is 10.7. The fourth-order valence-corrected chi connectivity index (χ4v) is 4.01. The fourth-order valence-electron chi connectivity index (χ4n) is 3.63. The average molecular weight is 438 g/mol. The third kappa shape index (κ3) is 5.30. The van der Waals surface area contributed by atoms with Gasteiger partial charge >= 0.3 is 5.97 Å². The highest BCUT2D eigenvalue weighted by atomic mass is 32.1. The summed E-state index contributed by atoms with van der Waals surface area (Å²) in [6, 6.07) is 16.6. The summed E-state index contributed by atoms with van der Waals surface area (Å²) in [5.41, 5.74) is 3.84. The van der Waals surface area contributed by atoms with Gasteiger partial charge in [0.05, 0.1) is 24.6 Å². The van der Waals surface area contributed by atoms with Crippen molar-refractivity contribution in [2.75, 3.05) is 18.5 Å². The quantitative estimate of drug-likeness (QED) is 0.505. The van der Waals surface area contributed by atoms with Crippen LogP contribution in [0, 0.1) is 0 Å². The molecule has 2 aromatic rings. The first-order valence-electron chi connectivity index (χ1n) is 10.3. The number of hydrogen-bond acceptors (Lipinski definition) is 4. The number of nitrogens with zero attached hydrogens (tertiary/aromatic N) is 1. The van der Waals surface area contributed by atoms with Crippen LogP contribution in [0.15, 0.2) is 65.9 Å². The van der Waals surface area contributed by atoms with Crippen molar-refractivity contribution >= 4 is 34.9 Å². The van der Waals surface area contributed by atoms with E-state index in [0.29, 0.717) is 35.9 Å². The van der Waals surface area contributed by atoms with Crippen LogP contribution < -0.4 is 10.6 Å². The van der Waals surface area contributed by atoms with E-state index in [2.05, 4.69) is 10.6 Å². The molecule has 1 amide bonds. The zero-order valence-corrected chi connectivity index (χ0v) is 18.8. The number of carbonyl (C=O) groups excluding carboxylic acids is 2. The second-order valence-electron chi connectivity index (χ2n) is 7.18. The summed E-state index contributed by atoms with van der Waals surface area (Å²) in [4.78, 5) is 26.9. The van der Waals surface area contributed by atoms with Gasteiger partial charge in [-0.05, 0) is 56.2 Å². The molecule has 0 fully saturated rings. The van der Waals surface area contributed by atoms with Gasteiger partial charge < -0.3 is 20.3 Å². The fraction of sp³-hybridized carbons (Fsp3) is 0.292. The minimum Gasteiger partial charge on any atom is -0.463 e. The largest absolute Gasteiger partial charge is 0.463 e. The molecule has 2 aromatic carbocycles. The number of rotatable bonds is 7. The van der Waals surface area contributed by atoms with Crippen LogP contribution >= 0.6 is 12.2 Å². The molecule has 6 nitrogen and oxygen atoms in total. The first kappa shape index (κ1) is 22.5. The van der Waals surface area contributed by atoms with Crippen LogP contribution in [0.5, 0.6) is 0 Å². The van der Waals surface area contributed by atoms with Gasteiger partial charge in [0.2, 0.25) is 5.91 Å². The molecule has 3 rings (SSSR count). The van der Waals surface area contributed by atoms with Gasteiger partial charge in [0.25, 0.3) is 0 Å². The van der Waals surface area contributed by atoms with E-state index in [1.807, 2.05) is 73.3 Å². The number of thiocarbonyl (C=S) groups is 1. The molecule has 1 aliphatic heterocycles. The standard InChI is InChI=1S/C24H27N3O3S/c1-4-27-16(3)21(23(29)30-5-2)22(26-24(27)31)18-11-13-19(14-12-18)25-20(28)15-17-9-7-6-8-10-17/h6-14,22H,4-5,15H2,1-3H3,(H,25,28)(H,26,31). The summed E-state index contributed by atoms with van der Waals surface area (Å²) in [5, 5.41) is 6.74. The Morgan fingerprint density at radius 2 is 1.77 bits per heavy atom. The number of allylic oxidation sites excluding steroid dienone is 1. The van der Waals surface area contributed by atoms with Crippen LogP contribution in [0.2, 0.25) is 0 Å². The van der Waals surface area contributed by atoms with Crippen LogP contribution in [0.3, 0.4) is 0 Å². The van der Waals surface area contributed by atoms with Crippen LogP contribution in [0.25, 0.3) is 0 Å². The third-order valence-corrected chi connectivity index (χ3v) is 5.48. The van der Waals surface area contributed by atoms with Crippen molar-refractivity contribution in [3.8, 4) is 0 Å². The SMILES string of the molecule is CCOC(=O)C1=C(C)N(CC)C(=S)NC1c1ccc(NC(=O)Cc2ccccc2)cc1. The zero-order chi connectivity index (χ0) is 22.4. The van der Waals surface area contributed by atoms with Gasteiger partial charge in [0.15, 0.2) is 5.11 Å². The van der Waals surface area contributed by atoms with Crippen molar-refractivity contribution in [2.24, 2.45) is 0 Å². The molecular weight excluding hydrogens is 410 g/mol. The van der Waals surface area contributed by atoms with E-state index in [1.165, 1.54) is 0 Å². The maximum atomic E-state index is 12.7. The third-order valence-electron chi connectivity index (χ3n) is 5.14. The lowest BCUT2D eigenvalue weighted by atomic mass is 9.95. The molecule has 162 valence electrons. The minimum atomic E-state index is -0.413. The van der Waals surface area contributed by atoms with E-state index >= 15 is 0 Å². The van der Waals surface area contributed by atoms with Crippen LogP contribution in [-0.4, -0.2) is 35.0 Å². The molecule has 0 saturated carbocycles. The first-order chi connectivity index (χ1) is 14.9. The lowest BCUT2D eigenvalue weighted by Crippen LogP contribution is -2.47. The molecule has 7 heteroatoms. The molecule has 1 aliphatic rings. The number of amides is 1. The zero-order valence-electron chi connectivity index (χ0n) is 18.0. The Kier molecular flexibility index (Phi) is 7.41. The molecular formula is C24H27N3O3S. The molecule has 1 atom stereocenters. The van der Waals surface area contributed by atoms with Gasteiger partial charge in [-0.3, -0.25) is 4.79 Å². The number of nitrogens with one attached hydrogen (secondary N) is 2. The van der Waals surface area contributed by atoms with E-state index in [0.717, 1.165) is 16.8 Å². The van der Waals surface area contributed by atoms with E-state index in [4.69, 9.17) is 17.0 Å². The van der Waals surface area contributed by atoms with E-state index in [1.54, 1.807) is 6.92 Å². The maximum absolute atomic E-state index is 12.7. The van der Waals surface area contributed by atoms with Crippen molar-refractivity contribution < 1.29 is 14.3 Å². The number of carbonyl (C=O) groups is 2. The number of benzene rings is 2. The van der Waals surface area contributed by atoms with Crippen molar-refractivity contribution in [3.05, 3.63) is 77.0 Å². The Morgan fingerprint density at radius 3 is 2.39 bits per heavy atom. The smallest absolute Gasteiger partial charge is 0.338 e. The summed E-state index contributed by atoms with van der Waals surface area (Å²) in [5.74, 6) is -0.448. The van der Waals surface area contributed by atoms with Crippen molar-refractivity contribution in [2.45, 2.75) is 33.2 Å². The second kappa shape index (κ2) is 10.2. The maximum Gasteiger partial charge on any atom is 0.338 e. The summed E-state index contributed by atoms with van der Waals surface area (Å²) < 4.78 is 5.30. The summed E-state index contributed by atoms with van der Waals surface area (Å²) in [7, 11) is 0. The second-order valence-corrected chi connectivity index (χ2v) is 7.57. The molecule has 0 bridgehead atoms. The lowest BCUT2D eigenvalue weighted by molar-refractivity contribution is -0.139. The number of esters is 1. The molecule has 0 aromatic heterocycles. The van der Waals surface area contributed by atoms with Crippen molar-refractivity contribution in [3.63, 3.8) is 0 Å². The minimum absolute atomic E-state index is 0.0857. The molecule has 1 unspecified atom stereocenters. The molecule has 1 heterocycles.